The van der Waals surface area contributed by atoms with Gasteiger partial charge >= 0.3 is 0 Å². The lowest BCUT2D eigenvalue weighted by atomic mass is 9.88. The zero-order valence-corrected chi connectivity index (χ0v) is 19.6. The molecule has 0 N–H and O–H groups in total. The molecule has 1 aliphatic carbocycles. The van der Waals surface area contributed by atoms with E-state index in [0.717, 1.165) is 25.7 Å². The van der Waals surface area contributed by atoms with Crippen LogP contribution in [0.4, 0.5) is 0 Å². The number of hydrogen-bond donors (Lipinski definition) is 0. The highest BCUT2D eigenvalue weighted by Crippen LogP contribution is 2.36. The van der Waals surface area contributed by atoms with Crippen LogP contribution >= 0.6 is 0 Å². The molecule has 0 aromatic carbocycles. The molecule has 0 radical (unpaired) electrons. The van der Waals surface area contributed by atoms with E-state index in [9.17, 15) is 0 Å². The largest absolute Gasteiger partial charge is 0.414 e. The molecular weight excluding hydrogens is 346 g/mol. The van der Waals surface area contributed by atoms with E-state index in [0.29, 0.717) is 13.2 Å². The third-order valence-electron chi connectivity index (χ3n) is 5.33. The van der Waals surface area contributed by atoms with Crippen LogP contribution < -0.4 is 0 Å². The van der Waals surface area contributed by atoms with Gasteiger partial charge in [0.2, 0.25) is 0 Å². The molecule has 0 heterocycles. The maximum Gasteiger partial charge on any atom is 0.192 e. The van der Waals surface area contributed by atoms with Crippen LogP contribution in [0.15, 0.2) is 0 Å². The molecule has 0 spiro atoms. The maximum absolute atomic E-state index is 9.02. The fourth-order valence-corrected chi connectivity index (χ4v) is 4.91. The van der Waals surface area contributed by atoms with Crippen molar-refractivity contribution < 1.29 is 13.6 Å². The normalized spacial score (nSPS) is 24.0. The Morgan fingerprint density at radius 1 is 1.00 bits per heavy atom. The lowest BCUT2D eigenvalue weighted by Crippen LogP contribution is -2.45. The van der Waals surface area contributed by atoms with Gasteiger partial charge < -0.3 is 13.6 Å². The van der Waals surface area contributed by atoms with Gasteiger partial charge in [0.15, 0.2) is 16.6 Å². The first-order chi connectivity index (χ1) is 11.3. The third-order valence-corrected chi connectivity index (χ3v) is 10.9. The third kappa shape index (κ3) is 8.35. The zero-order chi connectivity index (χ0) is 19.3. The summed E-state index contributed by atoms with van der Waals surface area (Å²) in [6.45, 7) is 19.2. The van der Waals surface area contributed by atoms with Crippen LogP contribution in [0.25, 0.3) is 0 Å². The molecule has 1 aliphatic rings. The van der Waals surface area contributed by atoms with Crippen molar-refractivity contribution in [2.75, 3.05) is 13.2 Å². The molecule has 1 saturated carbocycles. The fraction of sp³-hybridized carbons (Fsp3) is 0.947. The summed E-state index contributed by atoms with van der Waals surface area (Å²) in [6, 6.07) is 2.38. The lowest BCUT2D eigenvalue weighted by molar-refractivity contribution is -0.0342. The van der Waals surface area contributed by atoms with E-state index in [1.165, 1.54) is 0 Å². The van der Waals surface area contributed by atoms with Crippen LogP contribution in [0.1, 0.15) is 46.5 Å². The standard InChI is InChI=1S/C19H39NO3Si2/c1-19(2,3)25(7,8)22-15-18(23-24(4,5)6)14-21-17-11-9-16(13-20)10-12-17/h16-18H,9-12,14-15H2,1-8H3. The van der Waals surface area contributed by atoms with Crippen molar-refractivity contribution in [3.05, 3.63) is 0 Å². The van der Waals surface area contributed by atoms with Crippen molar-refractivity contribution in [3.8, 4) is 6.07 Å². The Kier molecular flexibility index (Phi) is 8.35. The molecule has 1 atom stereocenters. The predicted octanol–water partition coefficient (Wildman–Crippen LogP) is 5.33. The van der Waals surface area contributed by atoms with Gasteiger partial charge in [0, 0.05) is 5.92 Å². The van der Waals surface area contributed by atoms with Crippen molar-refractivity contribution in [1.29, 1.82) is 5.26 Å². The summed E-state index contributed by atoms with van der Waals surface area (Å²) in [6.07, 6.45) is 4.17. The fourth-order valence-electron chi connectivity index (χ4n) is 2.74. The molecule has 0 amide bonds. The number of ether oxygens (including phenoxy) is 1. The van der Waals surface area contributed by atoms with Gasteiger partial charge in [0.05, 0.1) is 31.5 Å². The molecule has 1 unspecified atom stereocenters. The Bertz CT molecular complexity index is 441. The highest BCUT2D eigenvalue weighted by molar-refractivity contribution is 6.74. The maximum atomic E-state index is 9.02. The second-order valence-corrected chi connectivity index (χ2v) is 19.1. The van der Waals surface area contributed by atoms with Crippen LogP contribution in [0.2, 0.25) is 37.8 Å². The first-order valence-electron chi connectivity index (χ1n) is 9.67. The smallest absolute Gasteiger partial charge is 0.192 e. The van der Waals surface area contributed by atoms with E-state index in [1.54, 1.807) is 0 Å². The highest BCUT2D eigenvalue weighted by Gasteiger charge is 2.38. The topological polar surface area (TPSA) is 51.5 Å². The van der Waals surface area contributed by atoms with Gasteiger partial charge in [-0.1, -0.05) is 20.8 Å². The van der Waals surface area contributed by atoms with Crippen LogP contribution in [0.5, 0.6) is 0 Å². The van der Waals surface area contributed by atoms with E-state index in [-0.39, 0.29) is 23.2 Å². The number of hydrogen-bond acceptors (Lipinski definition) is 4. The Morgan fingerprint density at radius 3 is 2.00 bits per heavy atom. The van der Waals surface area contributed by atoms with Crippen molar-refractivity contribution in [2.45, 2.75) is 96.4 Å². The van der Waals surface area contributed by atoms with Crippen molar-refractivity contribution in [1.82, 2.24) is 0 Å². The van der Waals surface area contributed by atoms with Gasteiger partial charge in [-0.2, -0.15) is 5.26 Å². The van der Waals surface area contributed by atoms with Gasteiger partial charge in [-0.15, -0.1) is 0 Å². The quantitative estimate of drug-likeness (QED) is 0.530. The van der Waals surface area contributed by atoms with Crippen molar-refractivity contribution in [2.24, 2.45) is 5.92 Å². The van der Waals surface area contributed by atoms with Crippen molar-refractivity contribution in [3.63, 3.8) is 0 Å². The Morgan fingerprint density at radius 2 is 1.56 bits per heavy atom. The average Bonchev–Trinajstić information content (AvgIpc) is 2.48. The molecular formula is C19H39NO3Si2. The second-order valence-electron chi connectivity index (χ2n) is 9.86. The minimum Gasteiger partial charge on any atom is -0.414 e. The van der Waals surface area contributed by atoms with Gasteiger partial charge in [0.25, 0.3) is 0 Å². The molecule has 146 valence electrons. The SMILES string of the molecule is CC(C)(C)[Si](C)(C)OCC(COC1CCC(C#N)CC1)O[Si](C)(C)C. The molecule has 0 aromatic rings. The van der Waals surface area contributed by atoms with E-state index >= 15 is 0 Å². The summed E-state index contributed by atoms with van der Waals surface area (Å²) in [5.41, 5.74) is 0. The Labute approximate surface area is 157 Å². The summed E-state index contributed by atoms with van der Waals surface area (Å²) in [7, 11) is -3.44. The first-order valence-corrected chi connectivity index (χ1v) is 16.0. The zero-order valence-electron chi connectivity index (χ0n) is 17.6. The molecule has 25 heavy (non-hydrogen) atoms. The molecule has 0 aromatic heterocycles. The summed E-state index contributed by atoms with van der Waals surface area (Å²) in [4.78, 5) is 0. The highest BCUT2D eigenvalue weighted by atomic mass is 28.4. The first kappa shape index (κ1) is 22.8. The van der Waals surface area contributed by atoms with Gasteiger partial charge in [-0.05, 0) is 63.5 Å². The lowest BCUT2D eigenvalue weighted by Gasteiger charge is -2.38. The summed E-state index contributed by atoms with van der Waals surface area (Å²) < 4.78 is 18.9. The van der Waals surface area contributed by atoms with E-state index in [1.807, 2.05) is 0 Å². The van der Waals surface area contributed by atoms with Crippen LogP contribution in [0.3, 0.4) is 0 Å². The molecule has 1 rings (SSSR count). The molecule has 0 aliphatic heterocycles. The van der Waals surface area contributed by atoms with Gasteiger partial charge in [-0.25, -0.2) is 0 Å². The van der Waals surface area contributed by atoms with Gasteiger partial charge in [-0.3, -0.25) is 0 Å². The minimum absolute atomic E-state index is 0.00878. The number of nitrogens with zero attached hydrogens (tertiary/aromatic N) is 1. The molecule has 6 heteroatoms. The summed E-state index contributed by atoms with van der Waals surface area (Å²) in [5, 5.41) is 9.22. The monoisotopic (exact) mass is 385 g/mol. The van der Waals surface area contributed by atoms with Gasteiger partial charge in [0.1, 0.15) is 0 Å². The molecule has 4 nitrogen and oxygen atoms in total. The summed E-state index contributed by atoms with van der Waals surface area (Å²) >= 11 is 0. The van der Waals surface area contributed by atoms with Crippen LogP contribution in [-0.4, -0.2) is 42.1 Å². The predicted molar refractivity (Wildman–Crippen MR) is 109 cm³/mol. The van der Waals surface area contributed by atoms with Crippen molar-refractivity contribution >= 4 is 16.6 Å². The van der Waals surface area contributed by atoms with Crippen LogP contribution in [0, 0.1) is 17.2 Å². The molecule has 1 fully saturated rings. The number of nitriles is 1. The van der Waals surface area contributed by atoms with Crippen LogP contribution in [-0.2, 0) is 13.6 Å². The van der Waals surface area contributed by atoms with E-state index in [4.69, 9.17) is 18.9 Å². The Hall–Kier alpha value is -0.196. The summed E-state index contributed by atoms with van der Waals surface area (Å²) in [5.74, 6) is 0.218. The Balaban J connectivity index is 2.55. The van der Waals surface area contributed by atoms with E-state index in [2.05, 4.69) is 59.6 Å². The minimum atomic E-state index is -1.78. The second kappa shape index (κ2) is 9.14. The number of rotatable bonds is 8. The molecule has 0 bridgehead atoms. The van der Waals surface area contributed by atoms with E-state index < -0.39 is 16.6 Å². The average molecular weight is 386 g/mol. The molecule has 0 saturated heterocycles.